The van der Waals surface area contributed by atoms with Crippen LogP contribution in [0, 0.1) is 0 Å². The van der Waals surface area contributed by atoms with E-state index in [4.69, 9.17) is 0 Å². The van der Waals surface area contributed by atoms with Crippen molar-refractivity contribution in [2.75, 3.05) is 51.1 Å². The van der Waals surface area contributed by atoms with Crippen LogP contribution in [0.25, 0.3) is 0 Å². The van der Waals surface area contributed by atoms with E-state index in [9.17, 15) is 18.0 Å². The van der Waals surface area contributed by atoms with Crippen molar-refractivity contribution in [3.8, 4) is 0 Å². The number of anilines is 1. The van der Waals surface area contributed by atoms with Gasteiger partial charge in [-0.25, -0.2) is 8.42 Å². The number of carbonyl (C=O) groups excluding carboxylic acids is 2. The normalized spacial score (nSPS) is 19.9. The van der Waals surface area contributed by atoms with Crippen LogP contribution in [0.15, 0.2) is 29.2 Å². The van der Waals surface area contributed by atoms with Crippen LogP contribution in [0.1, 0.15) is 39.0 Å². The van der Waals surface area contributed by atoms with Gasteiger partial charge in [-0.2, -0.15) is 4.31 Å². The van der Waals surface area contributed by atoms with Gasteiger partial charge < -0.3 is 15.1 Å². The number of rotatable bonds is 6. The summed E-state index contributed by atoms with van der Waals surface area (Å²) in [5.74, 6) is -0.303. The predicted molar refractivity (Wildman–Crippen MR) is 116 cm³/mol. The van der Waals surface area contributed by atoms with E-state index in [1.54, 1.807) is 23.1 Å². The lowest BCUT2D eigenvalue weighted by Gasteiger charge is -2.33. The molecule has 166 valence electrons. The highest BCUT2D eigenvalue weighted by atomic mass is 32.2. The summed E-state index contributed by atoms with van der Waals surface area (Å²) in [6.07, 6.45) is 4.37. The average molecular weight is 437 g/mol. The van der Waals surface area contributed by atoms with Crippen LogP contribution >= 0.6 is 0 Å². The molecule has 0 bridgehead atoms. The third-order valence-electron chi connectivity index (χ3n) is 5.79. The van der Waals surface area contributed by atoms with Gasteiger partial charge in [0.15, 0.2) is 0 Å². The molecule has 0 aromatic heterocycles. The van der Waals surface area contributed by atoms with Crippen LogP contribution in [-0.2, 0) is 19.6 Å². The van der Waals surface area contributed by atoms with E-state index in [1.165, 1.54) is 10.4 Å². The number of hydrogen-bond donors (Lipinski definition) is 1. The van der Waals surface area contributed by atoms with Crippen molar-refractivity contribution in [2.24, 2.45) is 0 Å². The number of nitrogens with one attached hydrogen (secondary N) is 1. The first-order valence-electron chi connectivity index (χ1n) is 10.8. The Kier molecular flexibility index (Phi) is 7.85. The molecule has 30 heavy (non-hydrogen) atoms. The first-order valence-corrected chi connectivity index (χ1v) is 12.2. The van der Waals surface area contributed by atoms with Gasteiger partial charge in [0.25, 0.3) is 0 Å². The maximum absolute atomic E-state index is 13.0. The molecule has 1 N–H and O–H groups in total. The van der Waals surface area contributed by atoms with E-state index in [2.05, 4.69) is 17.1 Å². The van der Waals surface area contributed by atoms with Gasteiger partial charge in [0.1, 0.15) is 0 Å². The highest BCUT2D eigenvalue weighted by molar-refractivity contribution is 7.89. The molecule has 3 rings (SSSR count). The predicted octanol–water partition coefficient (Wildman–Crippen LogP) is 1.74. The van der Waals surface area contributed by atoms with Crippen molar-refractivity contribution >= 4 is 27.5 Å². The topological polar surface area (TPSA) is 90.0 Å². The van der Waals surface area contributed by atoms with Gasteiger partial charge in [0.05, 0.1) is 11.4 Å². The van der Waals surface area contributed by atoms with Crippen molar-refractivity contribution in [1.82, 2.24) is 14.1 Å². The van der Waals surface area contributed by atoms with Gasteiger partial charge in [-0.1, -0.05) is 25.8 Å². The molecule has 0 unspecified atom stereocenters. The van der Waals surface area contributed by atoms with Crippen molar-refractivity contribution < 1.29 is 18.0 Å². The van der Waals surface area contributed by atoms with E-state index in [-0.39, 0.29) is 23.3 Å². The third kappa shape index (κ3) is 5.80. The lowest BCUT2D eigenvalue weighted by atomic mass is 10.1. The molecular formula is C21H32N4O4S. The zero-order chi connectivity index (χ0) is 21.6. The Morgan fingerprint density at radius 2 is 1.77 bits per heavy atom. The van der Waals surface area contributed by atoms with Crippen LogP contribution in [0.3, 0.4) is 0 Å². The fourth-order valence-corrected chi connectivity index (χ4v) is 5.39. The molecule has 2 heterocycles. The SMILES string of the molecule is CCN1CCN(S(=O)(=O)c2cccc(NC(=O)CN3CCCCCCC3=O)c2)CC1. The number of likely N-dealkylation sites (N-methyl/N-ethyl adjacent to an activating group) is 1. The van der Waals surface area contributed by atoms with Gasteiger partial charge in [-0.15, -0.1) is 0 Å². The van der Waals surface area contributed by atoms with Gasteiger partial charge in [0, 0.05) is 44.8 Å². The summed E-state index contributed by atoms with van der Waals surface area (Å²) in [5.41, 5.74) is 0.424. The minimum absolute atomic E-state index is 0.00517. The fraction of sp³-hybridized carbons (Fsp3) is 0.619. The van der Waals surface area contributed by atoms with E-state index >= 15 is 0 Å². The number of amides is 2. The number of nitrogens with zero attached hydrogens (tertiary/aromatic N) is 3. The van der Waals surface area contributed by atoms with E-state index < -0.39 is 10.0 Å². The van der Waals surface area contributed by atoms with E-state index in [0.717, 1.165) is 45.3 Å². The molecule has 2 amide bonds. The summed E-state index contributed by atoms with van der Waals surface area (Å²) in [4.78, 5) is 28.7. The van der Waals surface area contributed by atoms with Crippen LogP contribution < -0.4 is 5.32 Å². The molecule has 0 radical (unpaired) electrons. The highest BCUT2D eigenvalue weighted by Crippen LogP contribution is 2.21. The largest absolute Gasteiger partial charge is 0.333 e. The zero-order valence-electron chi connectivity index (χ0n) is 17.7. The van der Waals surface area contributed by atoms with Gasteiger partial charge >= 0.3 is 0 Å². The molecule has 2 fully saturated rings. The van der Waals surface area contributed by atoms with Crippen LogP contribution in [0.2, 0.25) is 0 Å². The fourth-order valence-electron chi connectivity index (χ4n) is 3.93. The van der Waals surface area contributed by atoms with Crippen molar-refractivity contribution in [2.45, 2.75) is 43.9 Å². The van der Waals surface area contributed by atoms with E-state index in [0.29, 0.717) is 31.7 Å². The minimum atomic E-state index is -3.61. The maximum atomic E-state index is 13.0. The van der Waals surface area contributed by atoms with Crippen LogP contribution in [-0.4, -0.2) is 80.2 Å². The summed E-state index contributed by atoms with van der Waals surface area (Å²) in [5, 5.41) is 2.75. The first-order chi connectivity index (χ1) is 14.4. The Hall–Kier alpha value is -1.97. The molecule has 0 aliphatic carbocycles. The molecule has 0 spiro atoms. The summed E-state index contributed by atoms with van der Waals surface area (Å²) < 4.78 is 27.5. The summed E-state index contributed by atoms with van der Waals surface area (Å²) >= 11 is 0. The molecule has 1 aromatic rings. The van der Waals surface area contributed by atoms with Crippen LogP contribution in [0.5, 0.6) is 0 Å². The summed E-state index contributed by atoms with van der Waals surface area (Å²) in [7, 11) is -3.61. The second-order valence-corrected chi connectivity index (χ2v) is 9.83. The second kappa shape index (κ2) is 10.4. The molecular weight excluding hydrogens is 404 g/mol. The number of likely N-dealkylation sites (tertiary alicyclic amines) is 1. The highest BCUT2D eigenvalue weighted by Gasteiger charge is 2.28. The Morgan fingerprint density at radius 3 is 2.50 bits per heavy atom. The molecule has 1 aromatic carbocycles. The number of carbonyl (C=O) groups is 2. The quantitative estimate of drug-likeness (QED) is 0.734. The molecule has 9 heteroatoms. The Balaban J connectivity index is 1.63. The zero-order valence-corrected chi connectivity index (χ0v) is 18.5. The van der Waals surface area contributed by atoms with Crippen molar-refractivity contribution in [3.05, 3.63) is 24.3 Å². The average Bonchev–Trinajstić information content (AvgIpc) is 2.74. The molecule has 2 aliphatic heterocycles. The Labute approximate surface area is 179 Å². The maximum Gasteiger partial charge on any atom is 0.243 e. The standard InChI is InChI=1S/C21H32N4O4S/c1-2-23-12-14-25(15-13-23)30(28,29)19-9-7-8-18(16-19)22-20(26)17-24-11-6-4-3-5-10-21(24)27/h7-9,16H,2-6,10-15,17H2,1H3,(H,22,26). The first kappa shape index (κ1) is 22.7. The number of hydrogen-bond acceptors (Lipinski definition) is 5. The van der Waals surface area contributed by atoms with E-state index in [1.807, 2.05) is 0 Å². The third-order valence-corrected chi connectivity index (χ3v) is 7.68. The molecule has 2 aliphatic rings. The molecule has 8 nitrogen and oxygen atoms in total. The van der Waals surface area contributed by atoms with Gasteiger partial charge in [-0.3, -0.25) is 9.59 Å². The monoisotopic (exact) mass is 436 g/mol. The summed E-state index contributed by atoms with van der Waals surface area (Å²) in [6.45, 7) is 5.92. The lowest BCUT2D eigenvalue weighted by molar-refractivity contribution is -0.135. The number of sulfonamides is 1. The van der Waals surface area contributed by atoms with Crippen molar-refractivity contribution in [3.63, 3.8) is 0 Å². The molecule has 0 atom stereocenters. The molecule has 2 saturated heterocycles. The summed E-state index contributed by atoms with van der Waals surface area (Å²) in [6, 6.07) is 6.35. The molecule has 0 saturated carbocycles. The van der Waals surface area contributed by atoms with Crippen molar-refractivity contribution in [1.29, 1.82) is 0 Å². The number of piperazine rings is 1. The smallest absolute Gasteiger partial charge is 0.243 e. The van der Waals surface area contributed by atoms with Crippen LogP contribution in [0.4, 0.5) is 5.69 Å². The minimum Gasteiger partial charge on any atom is -0.333 e. The Bertz CT molecular complexity index is 850. The Morgan fingerprint density at radius 1 is 1.03 bits per heavy atom. The lowest BCUT2D eigenvalue weighted by Crippen LogP contribution is -2.48. The second-order valence-electron chi connectivity index (χ2n) is 7.89. The number of benzene rings is 1. The van der Waals surface area contributed by atoms with Gasteiger partial charge in [-0.05, 0) is 37.6 Å². The van der Waals surface area contributed by atoms with Gasteiger partial charge in [0.2, 0.25) is 21.8 Å².